The molecule has 0 saturated heterocycles. The van der Waals surface area contributed by atoms with Crippen molar-refractivity contribution in [2.75, 3.05) is 0 Å². The molecule has 0 atom stereocenters. The highest BCUT2D eigenvalue weighted by molar-refractivity contribution is 6.31. The SMILES string of the molecule is Cc1cc(-c2cc3nccc(C(F)F)n3n2)ccc1Cl. The van der Waals surface area contributed by atoms with E-state index in [2.05, 4.69) is 10.1 Å². The summed E-state index contributed by atoms with van der Waals surface area (Å²) in [4.78, 5) is 4.05. The summed E-state index contributed by atoms with van der Waals surface area (Å²) in [7, 11) is 0. The molecule has 3 rings (SSSR count). The number of nitrogens with zero attached hydrogens (tertiary/aromatic N) is 3. The zero-order chi connectivity index (χ0) is 14.3. The number of benzene rings is 1. The van der Waals surface area contributed by atoms with Gasteiger partial charge in [0.2, 0.25) is 0 Å². The lowest BCUT2D eigenvalue weighted by atomic mass is 10.1. The summed E-state index contributed by atoms with van der Waals surface area (Å²) in [5, 5.41) is 4.86. The van der Waals surface area contributed by atoms with E-state index >= 15 is 0 Å². The second-order valence-corrected chi connectivity index (χ2v) is 4.84. The standard InChI is InChI=1S/C14H10ClF2N3/c1-8-6-9(2-3-10(8)15)11-7-13-18-5-4-12(14(16)17)20(13)19-11/h2-7,14H,1H3. The maximum absolute atomic E-state index is 12.9. The largest absolute Gasteiger partial charge is 0.280 e. The Morgan fingerprint density at radius 1 is 1.20 bits per heavy atom. The van der Waals surface area contributed by atoms with Crippen LogP contribution in [0.1, 0.15) is 17.7 Å². The maximum atomic E-state index is 12.9. The van der Waals surface area contributed by atoms with Gasteiger partial charge in [0.05, 0.1) is 5.69 Å². The molecule has 0 unspecified atom stereocenters. The zero-order valence-electron chi connectivity index (χ0n) is 10.5. The molecule has 0 amide bonds. The van der Waals surface area contributed by atoms with Crippen LogP contribution in [-0.2, 0) is 0 Å². The average Bonchev–Trinajstić information content (AvgIpc) is 2.85. The van der Waals surface area contributed by atoms with E-state index in [0.717, 1.165) is 11.1 Å². The van der Waals surface area contributed by atoms with E-state index in [1.165, 1.54) is 16.8 Å². The Bertz CT molecular complexity index is 783. The number of aromatic nitrogens is 3. The van der Waals surface area contributed by atoms with E-state index in [1.54, 1.807) is 18.2 Å². The van der Waals surface area contributed by atoms with E-state index in [1.807, 2.05) is 13.0 Å². The Morgan fingerprint density at radius 3 is 2.70 bits per heavy atom. The van der Waals surface area contributed by atoms with Gasteiger partial charge in [0, 0.05) is 22.8 Å². The molecule has 3 nitrogen and oxygen atoms in total. The van der Waals surface area contributed by atoms with Crippen LogP contribution in [0.4, 0.5) is 8.78 Å². The van der Waals surface area contributed by atoms with Crippen LogP contribution in [0, 0.1) is 6.92 Å². The summed E-state index contributed by atoms with van der Waals surface area (Å²) >= 11 is 5.98. The molecular weight excluding hydrogens is 284 g/mol. The molecule has 2 heterocycles. The normalized spacial score (nSPS) is 11.4. The lowest BCUT2D eigenvalue weighted by Crippen LogP contribution is -2.00. The van der Waals surface area contributed by atoms with Crippen LogP contribution in [0.15, 0.2) is 36.5 Å². The molecule has 0 fully saturated rings. The number of halogens is 3. The Balaban J connectivity index is 2.17. The lowest BCUT2D eigenvalue weighted by molar-refractivity contribution is 0.143. The van der Waals surface area contributed by atoms with Crippen molar-refractivity contribution >= 4 is 17.2 Å². The first kappa shape index (κ1) is 13.0. The van der Waals surface area contributed by atoms with Crippen molar-refractivity contribution in [3.05, 3.63) is 52.8 Å². The van der Waals surface area contributed by atoms with Crippen LogP contribution in [0.3, 0.4) is 0 Å². The van der Waals surface area contributed by atoms with Gasteiger partial charge in [-0.25, -0.2) is 18.3 Å². The third-order valence-corrected chi connectivity index (χ3v) is 3.49. The molecule has 0 aliphatic carbocycles. The highest BCUT2D eigenvalue weighted by Gasteiger charge is 2.15. The van der Waals surface area contributed by atoms with Crippen molar-refractivity contribution in [1.82, 2.24) is 14.6 Å². The van der Waals surface area contributed by atoms with Gasteiger partial charge in [-0.3, -0.25) is 0 Å². The molecule has 0 radical (unpaired) electrons. The van der Waals surface area contributed by atoms with E-state index in [4.69, 9.17) is 11.6 Å². The fourth-order valence-electron chi connectivity index (χ4n) is 2.02. The van der Waals surface area contributed by atoms with Crippen molar-refractivity contribution in [2.45, 2.75) is 13.3 Å². The molecule has 20 heavy (non-hydrogen) atoms. The molecule has 1 aromatic carbocycles. The van der Waals surface area contributed by atoms with Crippen LogP contribution in [-0.4, -0.2) is 14.6 Å². The second-order valence-electron chi connectivity index (χ2n) is 4.43. The van der Waals surface area contributed by atoms with Crippen LogP contribution in [0.25, 0.3) is 16.9 Å². The second kappa shape index (κ2) is 4.83. The third kappa shape index (κ3) is 2.14. The molecule has 6 heteroatoms. The minimum atomic E-state index is -2.60. The summed E-state index contributed by atoms with van der Waals surface area (Å²) in [6.45, 7) is 1.88. The summed E-state index contributed by atoms with van der Waals surface area (Å²) in [5.74, 6) is 0. The van der Waals surface area contributed by atoms with Gasteiger partial charge in [0.25, 0.3) is 6.43 Å². The van der Waals surface area contributed by atoms with Gasteiger partial charge in [0.1, 0.15) is 5.69 Å². The maximum Gasteiger partial charge on any atom is 0.280 e. The first-order valence-electron chi connectivity index (χ1n) is 5.95. The molecule has 2 aromatic heterocycles. The molecule has 0 aliphatic heterocycles. The van der Waals surface area contributed by atoms with E-state index < -0.39 is 6.43 Å². The van der Waals surface area contributed by atoms with Crippen molar-refractivity contribution in [3.63, 3.8) is 0 Å². The zero-order valence-corrected chi connectivity index (χ0v) is 11.3. The molecule has 102 valence electrons. The molecule has 0 spiro atoms. The predicted octanol–water partition coefficient (Wildman–Crippen LogP) is 4.30. The van der Waals surface area contributed by atoms with Crippen LogP contribution >= 0.6 is 11.6 Å². The van der Waals surface area contributed by atoms with E-state index in [-0.39, 0.29) is 5.69 Å². The number of hydrogen-bond donors (Lipinski definition) is 0. The first-order valence-corrected chi connectivity index (χ1v) is 6.33. The van der Waals surface area contributed by atoms with Gasteiger partial charge in [-0.15, -0.1) is 0 Å². The smallest absolute Gasteiger partial charge is 0.237 e. The van der Waals surface area contributed by atoms with Gasteiger partial charge < -0.3 is 0 Å². The number of hydrogen-bond acceptors (Lipinski definition) is 2. The molecule has 0 saturated carbocycles. The van der Waals surface area contributed by atoms with Crippen LogP contribution in [0.2, 0.25) is 5.02 Å². The van der Waals surface area contributed by atoms with E-state index in [0.29, 0.717) is 16.4 Å². The summed E-state index contributed by atoms with van der Waals surface area (Å²) in [6, 6.07) is 8.37. The molecule has 0 aliphatic rings. The molecule has 0 bridgehead atoms. The van der Waals surface area contributed by atoms with Crippen LogP contribution < -0.4 is 0 Å². The van der Waals surface area contributed by atoms with Crippen LogP contribution in [0.5, 0.6) is 0 Å². The number of aryl methyl sites for hydroxylation is 1. The topological polar surface area (TPSA) is 30.2 Å². The molecule has 3 aromatic rings. The Kier molecular flexibility index (Phi) is 3.14. The van der Waals surface area contributed by atoms with Gasteiger partial charge in [-0.2, -0.15) is 5.10 Å². The van der Waals surface area contributed by atoms with Crippen molar-refractivity contribution < 1.29 is 8.78 Å². The predicted molar refractivity (Wildman–Crippen MR) is 73.1 cm³/mol. The van der Waals surface area contributed by atoms with E-state index in [9.17, 15) is 8.78 Å². The Morgan fingerprint density at radius 2 is 2.00 bits per heavy atom. The third-order valence-electron chi connectivity index (χ3n) is 3.06. The van der Waals surface area contributed by atoms with Crippen molar-refractivity contribution in [2.24, 2.45) is 0 Å². The summed E-state index contributed by atoms with van der Waals surface area (Å²) in [6.07, 6.45) is -1.24. The van der Waals surface area contributed by atoms with Gasteiger partial charge in [0.15, 0.2) is 5.65 Å². The fourth-order valence-corrected chi connectivity index (χ4v) is 2.14. The number of rotatable bonds is 2. The highest BCUT2D eigenvalue weighted by atomic mass is 35.5. The van der Waals surface area contributed by atoms with Gasteiger partial charge in [-0.05, 0) is 30.7 Å². The summed E-state index contributed by atoms with van der Waals surface area (Å²) < 4.78 is 27.0. The number of alkyl halides is 2. The van der Waals surface area contributed by atoms with Crippen molar-refractivity contribution in [1.29, 1.82) is 0 Å². The highest BCUT2D eigenvalue weighted by Crippen LogP contribution is 2.26. The Labute approximate surface area is 118 Å². The first-order chi connectivity index (χ1) is 9.56. The minimum Gasteiger partial charge on any atom is -0.237 e. The Hall–Kier alpha value is -2.01. The minimum absolute atomic E-state index is 0.174. The van der Waals surface area contributed by atoms with Gasteiger partial charge in [-0.1, -0.05) is 17.7 Å². The fraction of sp³-hybridized carbons (Fsp3) is 0.143. The van der Waals surface area contributed by atoms with Gasteiger partial charge >= 0.3 is 0 Å². The molecule has 0 N–H and O–H groups in total. The molecular formula is C14H10ClF2N3. The number of fused-ring (bicyclic) bond motifs is 1. The average molecular weight is 294 g/mol. The quantitative estimate of drug-likeness (QED) is 0.705. The monoisotopic (exact) mass is 293 g/mol. The summed E-state index contributed by atoms with van der Waals surface area (Å²) in [5.41, 5.74) is 2.53. The van der Waals surface area contributed by atoms with Crippen molar-refractivity contribution in [3.8, 4) is 11.3 Å². The lowest BCUT2D eigenvalue weighted by Gasteiger charge is -2.02.